The molecule has 2 N–H and O–H groups in total. The molecule has 1 saturated heterocycles. The first-order valence-electron chi connectivity index (χ1n) is 6.00. The molecule has 0 aromatic heterocycles. The summed E-state index contributed by atoms with van der Waals surface area (Å²) >= 11 is 0. The lowest BCUT2D eigenvalue weighted by Crippen LogP contribution is -2.40. The first-order chi connectivity index (χ1) is 8.69. The molecule has 1 atom stereocenters. The number of hydrogen-bond acceptors (Lipinski definition) is 5. The standard InChI is InChI=1S/C12H17N3O3/c1-2-18-12(17)9(7-13)8-15-10-5-3-4-6-14-11(10)16/h8,10,15H,2-6H2,1H3,(H,14,16). The van der Waals surface area contributed by atoms with Crippen LogP contribution in [0.5, 0.6) is 0 Å². The van der Waals surface area contributed by atoms with Gasteiger partial charge < -0.3 is 15.4 Å². The number of ether oxygens (including phenoxy) is 1. The van der Waals surface area contributed by atoms with Gasteiger partial charge >= 0.3 is 5.97 Å². The summed E-state index contributed by atoms with van der Waals surface area (Å²) in [6, 6.07) is 1.35. The Morgan fingerprint density at radius 2 is 2.44 bits per heavy atom. The number of nitrogens with one attached hydrogen (secondary N) is 2. The maximum Gasteiger partial charge on any atom is 0.350 e. The maximum atomic E-state index is 11.6. The third kappa shape index (κ3) is 4.09. The summed E-state index contributed by atoms with van der Waals surface area (Å²) < 4.78 is 4.72. The minimum absolute atomic E-state index is 0.107. The van der Waals surface area contributed by atoms with Crippen LogP contribution in [0, 0.1) is 11.3 Å². The van der Waals surface area contributed by atoms with Crippen LogP contribution in [0.25, 0.3) is 0 Å². The van der Waals surface area contributed by atoms with Gasteiger partial charge in [0.05, 0.1) is 6.61 Å². The van der Waals surface area contributed by atoms with Crippen molar-refractivity contribution in [3.05, 3.63) is 11.8 Å². The van der Waals surface area contributed by atoms with Crippen LogP contribution in [0.15, 0.2) is 11.8 Å². The lowest BCUT2D eigenvalue weighted by Gasteiger charge is -2.13. The molecule has 0 bridgehead atoms. The Morgan fingerprint density at radius 1 is 1.67 bits per heavy atom. The van der Waals surface area contributed by atoms with Crippen LogP contribution in [0.3, 0.4) is 0 Å². The second-order valence-electron chi connectivity index (χ2n) is 3.90. The van der Waals surface area contributed by atoms with Gasteiger partial charge in [-0.1, -0.05) is 0 Å². The summed E-state index contributed by atoms with van der Waals surface area (Å²) in [5.41, 5.74) is -0.131. The van der Waals surface area contributed by atoms with Gasteiger partial charge in [0.2, 0.25) is 5.91 Å². The van der Waals surface area contributed by atoms with Gasteiger partial charge in [-0.05, 0) is 26.2 Å². The van der Waals surface area contributed by atoms with Crippen LogP contribution in [0.4, 0.5) is 0 Å². The zero-order valence-electron chi connectivity index (χ0n) is 10.4. The average molecular weight is 251 g/mol. The molecule has 0 saturated carbocycles. The van der Waals surface area contributed by atoms with E-state index in [0.29, 0.717) is 13.0 Å². The molecule has 0 aromatic carbocycles. The average Bonchev–Trinajstić information content (AvgIpc) is 2.56. The predicted molar refractivity (Wildman–Crippen MR) is 64.1 cm³/mol. The van der Waals surface area contributed by atoms with Gasteiger partial charge in [0.25, 0.3) is 0 Å². The molecule has 1 fully saturated rings. The number of rotatable bonds is 4. The number of nitriles is 1. The third-order valence-corrected chi connectivity index (χ3v) is 2.58. The van der Waals surface area contributed by atoms with E-state index in [1.807, 2.05) is 0 Å². The van der Waals surface area contributed by atoms with Crippen LogP contribution in [-0.4, -0.2) is 31.1 Å². The second-order valence-corrected chi connectivity index (χ2v) is 3.90. The van der Waals surface area contributed by atoms with Gasteiger partial charge in [-0.3, -0.25) is 4.79 Å². The van der Waals surface area contributed by atoms with E-state index in [1.165, 1.54) is 6.20 Å². The highest BCUT2D eigenvalue weighted by Gasteiger charge is 2.20. The molecule has 0 spiro atoms. The first kappa shape index (κ1) is 14.0. The molecule has 1 heterocycles. The molecule has 1 rings (SSSR count). The molecular formula is C12H17N3O3. The van der Waals surface area contributed by atoms with Crippen LogP contribution >= 0.6 is 0 Å². The molecule has 1 aliphatic heterocycles. The zero-order chi connectivity index (χ0) is 13.4. The minimum Gasteiger partial charge on any atom is -0.462 e. The molecule has 1 aliphatic rings. The van der Waals surface area contributed by atoms with E-state index < -0.39 is 12.0 Å². The van der Waals surface area contributed by atoms with Crippen LogP contribution in [0.2, 0.25) is 0 Å². The van der Waals surface area contributed by atoms with Gasteiger partial charge in [-0.2, -0.15) is 5.26 Å². The highest BCUT2D eigenvalue weighted by Crippen LogP contribution is 2.06. The first-order valence-corrected chi connectivity index (χ1v) is 6.00. The third-order valence-electron chi connectivity index (χ3n) is 2.58. The van der Waals surface area contributed by atoms with Crippen LogP contribution < -0.4 is 10.6 Å². The van der Waals surface area contributed by atoms with Gasteiger partial charge in [0.1, 0.15) is 12.1 Å². The molecule has 6 heteroatoms. The lowest BCUT2D eigenvalue weighted by atomic mass is 10.1. The number of hydrogen-bond donors (Lipinski definition) is 2. The largest absolute Gasteiger partial charge is 0.462 e. The summed E-state index contributed by atoms with van der Waals surface area (Å²) in [5.74, 6) is -0.786. The van der Waals surface area contributed by atoms with Crippen LogP contribution in [0.1, 0.15) is 26.2 Å². The van der Waals surface area contributed by atoms with Gasteiger partial charge in [-0.25, -0.2) is 4.79 Å². The Balaban J connectivity index is 2.62. The van der Waals surface area contributed by atoms with Crippen molar-refractivity contribution in [2.75, 3.05) is 13.2 Å². The van der Waals surface area contributed by atoms with Gasteiger partial charge in [-0.15, -0.1) is 0 Å². The van der Waals surface area contributed by atoms with Gasteiger partial charge in [0, 0.05) is 12.7 Å². The molecule has 1 unspecified atom stereocenters. The smallest absolute Gasteiger partial charge is 0.350 e. The summed E-state index contributed by atoms with van der Waals surface area (Å²) in [6.07, 6.45) is 3.81. The molecule has 98 valence electrons. The van der Waals surface area contributed by atoms with Gasteiger partial charge in [0.15, 0.2) is 5.57 Å². The topological polar surface area (TPSA) is 91.2 Å². The Labute approximate surface area is 106 Å². The van der Waals surface area contributed by atoms with Crippen molar-refractivity contribution in [3.63, 3.8) is 0 Å². The van der Waals surface area contributed by atoms with E-state index >= 15 is 0 Å². The fourth-order valence-electron chi connectivity index (χ4n) is 1.63. The fourth-order valence-corrected chi connectivity index (χ4v) is 1.63. The lowest BCUT2D eigenvalue weighted by molar-refractivity contribution is -0.138. The fraction of sp³-hybridized carbons (Fsp3) is 0.583. The van der Waals surface area contributed by atoms with Crippen molar-refractivity contribution in [2.45, 2.75) is 32.2 Å². The maximum absolute atomic E-state index is 11.6. The zero-order valence-corrected chi connectivity index (χ0v) is 10.4. The summed E-state index contributed by atoms with van der Waals surface area (Å²) in [7, 11) is 0. The predicted octanol–water partition coefficient (Wildman–Crippen LogP) is 0.215. The van der Waals surface area contributed by atoms with E-state index in [2.05, 4.69) is 10.6 Å². The number of nitrogens with zero attached hydrogens (tertiary/aromatic N) is 1. The van der Waals surface area contributed by atoms with E-state index in [4.69, 9.17) is 10.00 Å². The molecule has 1 amide bonds. The van der Waals surface area contributed by atoms with Crippen molar-refractivity contribution in [1.82, 2.24) is 10.6 Å². The Hall–Kier alpha value is -2.03. The molecule has 0 aliphatic carbocycles. The SMILES string of the molecule is CCOC(=O)C(C#N)=CNC1CCCCNC1=O. The normalized spacial score (nSPS) is 20.3. The summed E-state index contributed by atoms with van der Waals surface area (Å²) in [6.45, 7) is 2.55. The van der Waals surface area contributed by atoms with E-state index in [9.17, 15) is 9.59 Å². The summed E-state index contributed by atoms with van der Waals surface area (Å²) in [4.78, 5) is 23.0. The van der Waals surface area contributed by atoms with Crippen LogP contribution in [-0.2, 0) is 14.3 Å². The Morgan fingerprint density at radius 3 is 3.11 bits per heavy atom. The molecule has 6 nitrogen and oxygen atoms in total. The number of carbonyl (C=O) groups excluding carboxylic acids is 2. The van der Waals surface area contributed by atoms with E-state index in [-0.39, 0.29) is 18.1 Å². The summed E-state index contributed by atoms with van der Waals surface area (Å²) in [5, 5.41) is 14.4. The van der Waals surface area contributed by atoms with Crippen molar-refractivity contribution in [3.8, 4) is 6.07 Å². The monoisotopic (exact) mass is 251 g/mol. The highest BCUT2D eigenvalue weighted by atomic mass is 16.5. The number of amides is 1. The Kier molecular flexibility index (Phi) is 5.71. The highest BCUT2D eigenvalue weighted by molar-refractivity contribution is 5.92. The van der Waals surface area contributed by atoms with Crippen molar-refractivity contribution in [1.29, 1.82) is 5.26 Å². The molecule has 0 radical (unpaired) electrons. The second kappa shape index (κ2) is 7.33. The molecular weight excluding hydrogens is 234 g/mol. The minimum atomic E-state index is -0.679. The molecule has 0 aromatic rings. The van der Waals surface area contributed by atoms with Crippen molar-refractivity contribution < 1.29 is 14.3 Å². The van der Waals surface area contributed by atoms with Crippen molar-refractivity contribution in [2.24, 2.45) is 0 Å². The quantitative estimate of drug-likeness (QED) is 0.423. The van der Waals surface area contributed by atoms with Crippen molar-refractivity contribution >= 4 is 11.9 Å². The van der Waals surface area contributed by atoms with E-state index in [0.717, 1.165) is 12.8 Å². The Bertz CT molecular complexity index is 385. The number of esters is 1. The van der Waals surface area contributed by atoms with E-state index in [1.54, 1.807) is 13.0 Å². The number of carbonyl (C=O) groups is 2. The molecule has 18 heavy (non-hydrogen) atoms.